The molecule has 3 aromatic rings. The van der Waals surface area contributed by atoms with Crippen LogP contribution in [0.4, 0.5) is 8.78 Å². The van der Waals surface area contributed by atoms with Crippen LogP contribution in [0.3, 0.4) is 0 Å². The van der Waals surface area contributed by atoms with Crippen LogP contribution in [0, 0.1) is 23.5 Å². The predicted molar refractivity (Wildman–Crippen MR) is 127 cm³/mol. The van der Waals surface area contributed by atoms with E-state index in [0.717, 1.165) is 25.0 Å². The molecule has 2 N–H and O–H groups in total. The van der Waals surface area contributed by atoms with E-state index >= 15 is 0 Å². The highest BCUT2D eigenvalue weighted by Gasteiger charge is 2.33. The number of hydrogen-bond acceptors (Lipinski definition) is 3. The fraction of sp³-hybridized carbons (Fsp3) is 0.400. The molecule has 0 saturated carbocycles. The minimum Gasteiger partial charge on any atom is -0.341 e. The van der Waals surface area contributed by atoms with Crippen molar-refractivity contribution in [3.05, 3.63) is 64.4 Å². The summed E-state index contributed by atoms with van der Waals surface area (Å²) in [7, 11) is 0. The Morgan fingerprint density at radius 3 is 2.82 bits per heavy atom. The van der Waals surface area contributed by atoms with Crippen molar-refractivity contribution in [2.75, 3.05) is 13.1 Å². The molecule has 1 aliphatic heterocycles. The van der Waals surface area contributed by atoms with Crippen molar-refractivity contribution in [2.24, 2.45) is 11.8 Å². The number of aromatic nitrogens is 2. The maximum Gasteiger partial charge on any atom is 0.268 e. The largest absolute Gasteiger partial charge is 0.341 e. The Bertz CT molecular complexity index is 1210. The van der Waals surface area contributed by atoms with Crippen LogP contribution in [-0.4, -0.2) is 45.8 Å². The average molecular weight is 489 g/mol. The Labute approximate surface area is 201 Å². The van der Waals surface area contributed by atoms with Gasteiger partial charge in [-0.3, -0.25) is 9.59 Å². The SMILES string of the molecule is CCC1CN(C(=O)[C@H](Cc2ccc(F)cc2F)NC(=O)c2cc3cc(Cl)cnc3[nH]2)CCC1C. The number of fused-ring (bicyclic) bond motifs is 1. The minimum atomic E-state index is -1.01. The number of pyridine rings is 1. The number of piperidine rings is 1. The second-order valence-electron chi connectivity index (χ2n) is 8.96. The molecule has 34 heavy (non-hydrogen) atoms. The van der Waals surface area contributed by atoms with Crippen LogP contribution in [0.2, 0.25) is 5.02 Å². The molecule has 0 bridgehead atoms. The molecule has 2 unspecified atom stereocenters. The summed E-state index contributed by atoms with van der Waals surface area (Å²) >= 11 is 5.98. The molecule has 0 aliphatic carbocycles. The number of nitrogens with one attached hydrogen (secondary N) is 2. The number of hydrogen-bond donors (Lipinski definition) is 2. The van der Waals surface area contributed by atoms with Crippen LogP contribution >= 0.6 is 11.6 Å². The third kappa shape index (κ3) is 5.22. The third-order valence-corrected chi connectivity index (χ3v) is 6.88. The van der Waals surface area contributed by atoms with Crippen LogP contribution < -0.4 is 5.32 Å². The molecule has 1 aromatic carbocycles. The van der Waals surface area contributed by atoms with E-state index in [1.807, 2.05) is 0 Å². The molecule has 2 amide bonds. The minimum absolute atomic E-state index is 0.0934. The van der Waals surface area contributed by atoms with Gasteiger partial charge in [0.1, 0.15) is 29.0 Å². The van der Waals surface area contributed by atoms with Gasteiger partial charge in [0.05, 0.1) is 5.02 Å². The molecular formula is C25H27ClF2N4O2. The van der Waals surface area contributed by atoms with Crippen LogP contribution in [0.5, 0.6) is 0 Å². The van der Waals surface area contributed by atoms with Gasteiger partial charge in [0.25, 0.3) is 5.91 Å². The Hall–Kier alpha value is -3.00. The Morgan fingerprint density at radius 2 is 2.09 bits per heavy atom. The van der Waals surface area contributed by atoms with E-state index in [2.05, 4.69) is 29.1 Å². The maximum absolute atomic E-state index is 14.4. The van der Waals surface area contributed by atoms with Crippen molar-refractivity contribution in [1.29, 1.82) is 0 Å². The Kier molecular flexibility index (Phi) is 7.16. The monoisotopic (exact) mass is 488 g/mol. The van der Waals surface area contributed by atoms with Crippen LogP contribution in [0.15, 0.2) is 36.5 Å². The van der Waals surface area contributed by atoms with E-state index in [-0.39, 0.29) is 23.6 Å². The number of halogens is 3. The number of amides is 2. The number of aromatic amines is 1. The number of benzene rings is 1. The van der Waals surface area contributed by atoms with E-state index < -0.39 is 23.6 Å². The van der Waals surface area contributed by atoms with E-state index in [0.29, 0.717) is 41.0 Å². The lowest BCUT2D eigenvalue weighted by atomic mass is 9.85. The zero-order valence-corrected chi connectivity index (χ0v) is 19.8. The number of H-pyrrole nitrogens is 1. The van der Waals surface area contributed by atoms with Gasteiger partial charge in [-0.1, -0.05) is 37.9 Å². The normalized spacial score (nSPS) is 19.3. The van der Waals surface area contributed by atoms with Gasteiger partial charge in [-0.05, 0) is 42.0 Å². The van der Waals surface area contributed by atoms with Crippen molar-refractivity contribution < 1.29 is 18.4 Å². The first-order valence-corrected chi connectivity index (χ1v) is 11.8. The molecule has 2 aromatic heterocycles. The van der Waals surface area contributed by atoms with Gasteiger partial charge in [-0.25, -0.2) is 13.8 Å². The molecule has 6 nitrogen and oxygen atoms in total. The molecule has 0 radical (unpaired) electrons. The van der Waals surface area contributed by atoms with Crippen molar-refractivity contribution in [1.82, 2.24) is 20.2 Å². The van der Waals surface area contributed by atoms with Gasteiger partial charge >= 0.3 is 0 Å². The first kappa shape index (κ1) is 24.1. The maximum atomic E-state index is 14.4. The highest BCUT2D eigenvalue weighted by atomic mass is 35.5. The number of carbonyl (C=O) groups excluding carboxylic acids is 2. The Balaban J connectivity index is 1.59. The highest BCUT2D eigenvalue weighted by Crippen LogP contribution is 2.26. The van der Waals surface area contributed by atoms with Gasteiger partial charge in [-0.15, -0.1) is 0 Å². The lowest BCUT2D eigenvalue weighted by Gasteiger charge is -2.38. The van der Waals surface area contributed by atoms with E-state index in [1.165, 1.54) is 12.3 Å². The Morgan fingerprint density at radius 1 is 1.29 bits per heavy atom. The summed E-state index contributed by atoms with van der Waals surface area (Å²) in [6, 6.07) is 5.49. The van der Waals surface area contributed by atoms with E-state index in [4.69, 9.17) is 11.6 Å². The summed E-state index contributed by atoms with van der Waals surface area (Å²) in [5, 5.41) is 3.84. The highest BCUT2D eigenvalue weighted by molar-refractivity contribution is 6.31. The summed E-state index contributed by atoms with van der Waals surface area (Å²) in [4.78, 5) is 35.4. The molecule has 180 valence electrons. The summed E-state index contributed by atoms with van der Waals surface area (Å²) in [6.45, 7) is 5.44. The van der Waals surface area contributed by atoms with Crippen LogP contribution in [-0.2, 0) is 11.2 Å². The molecule has 1 aliphatic rings. The number of nitrogens with zero attached hydrogens (tertiary/aromatic N) is 2. The fourth-order valence-electron chi connectivity index (χ4n) is 4.56. The first-order valence-electron chi connectivity index (χ1n) is 11.4. The number of carbonyl (C=O) groups is 2. The number of rotatable bonds is 6. The summed E-state index contributed by atoms with van der Waals surface area (Å²) < 4.78 is 27.8. The van der Waals surface area contributed by atoms with Gasteiger partial charge < -0.3 is 15.2 Å². The van der Waals surface area contributed by atoms with Gasteiger partial charge in [0.2, 0.25) is 5.91 Å². The smallest absolute Gasteiger partial charge is 0.268 e. The second-order valence-corrected chi connectivity index (χ2v) is 9.40. The molecule has 1 saturated heterocycles. The van der Waals surface area contributed by atoms with Gasteiger partial charge in [0, 0.05) is 37.2 Å². The molecule has 1 fully saturated rings. The summed E-state index contributed by atoms with van der Waals surface area (Å²) in [5.74, 6) is -1.39. The van der Waals surface area contributed by atoms with E-state index in [9.17, 15) is 18.4 Å². The molecule has 3 atom stereocenters. The predicted octanol–water partition coefficient (Wildman–Crippen LogP) is 4.73. The average Bonchev–Trinajstić information content (AvgIpc) is 3.23. The molecule has 3 heterocycles. The van der Waals surface area contributed by atoms with Gasteiger partial charge in [0.15, 0.2) is 0 Å². The first-order chi connectivity index (χ1) is 16.2. The van der Waals surface area contributed by atoms with Crippen molar-refractivity contribution in [3.63, 3.8) is 0 Å². The van der Waals surface area contributed by atoms with Crippen LogP contribution in [0.25, 0.3) is 11.0 Å². The zero-order chi connectivity index (χ0) is 24.4. The lowest BCUT2D eigenvalue weighted by molar-refractivity contribution is -0.135. The standard InChI is InChI=1S/C25H27ClF2N4O2/c1-3-15-13-32(7-6-14(15)2)25(34)22(9-16-4-5-19(27)11-20(16)28)31-24(33)21-10-17-8-18(26)12-29-23(17)30-21/h4-5,8,10-12,14-15,22H,3,6-7,9,13H2,1-2H3,(H,29,30)(H,31,33)/t14?,15?,22-/m0/s1. The zero-order valence-electron chi connectivity index (χ0n) is 19.1. The molecule has 9 heteroatoms. The number of likely N-dealkylation sites (tertiary alicyclic amines) is 1. The topological polar surface area (TPSA) is 78.1 Å². The van der Waals surface area contributed by atoms with Crippen molar-refractivity contribution in [3.8, 4) is 0 Å². The molecular weight excluding hydrogens is 462 g/mol. The summed E-state index contributed by atoms with van der Waals surface area (Å²) in [6.07, 6.45) is 3.18. The second kappa shape index (κ2) is 10.1. The fourth-order valence-corrected chi connectivity index (χ4v) is 4.72. The quantitative estimate of drug-likeness (QED) is 0.526. The summed E-state index contributed by atoms with van der Waals surface area (Å²) in [5.41, 5.74) is 0.848. The lowest BCUT2D eigenvalue weighted by Crippen LogP contribution is -2.53. The van der Waals surface area contributed by atoms with Crippen molar-refractivity contribution >= 4 is 34.4 Å². The molecule has 0 spiro atoms. The van der Waals surface area contributed by atoms with E-state index in [1.54, 1.807) is 17.0 Å². The van der Waals surface area contributed by atoms with Gasteiger partial charge in [-0.2, -0.15) is 0 Å². The van der Waals surface area contributed by atoms with Crippen molar-refractivity contribution in [2.45, 2.75) is 39.2 Å². The molecule has 4 rings (SSSR count). The van der Waals surface area contributed by atoms with Crippen LogP contribution in [0.1, 0.15) is 42.7 Å². The third-order valence-electron chi connectivity index (χ3n) is 6.67.